The largest absolute Gasteiger partial charge is 0.488 e. The molecule has 0 saturated heterocycles. The van der Waals surface area contributed by atoms with Gasteiger partial charge in [-0.25, -0.2) is 0 Å². The molecule has 0 atom stereocenters. The Morgan fingerprint density at radius 1 is 0.850 bits per heavy atom. The van der Waals surface area contributed by atoms with Gasteiger partial charge in [-0.1, -0.05) is 46.9 Å². The van der Waals surface area contributed by atoms with Crippen LogP contribution >= 0.6 is 34.8 Å². The zero-order valence-electron chi connectivity index (χ0n) is 10.7. The van der Waals surface area contributed by atoms with E-state index in [1.807, 2.05) is 18.2 Å². The first-order chi connectivity index (χ1) is 9.63. The molecule has 20 heavy (non-hydrogen) atoms. The number of halogens is 3. The van der Waals surface area contributed by atoms with Gasteiger partial charge in [0, 0.05) is 26.2 Å². The third-order valence-corrected chi connectivity index (χ3v) is 3.97. The van der Waals surface area contributed by atoms with Gasteiger partial charge >= 0.3 is 0 Å². The van der Waals surface area contributed by atoms with Crippen LogP contribution in [-0.2, 0) is 13.0 Å². The van der Waals surface area contributed by atoms with Crippen LogP contribution in [0.1, 0.15) is 11.1 Å². The predicted molar refractivity (Wildman–Crippen MR) is 85.0 cm³/mol. The van der Waals surface area contributed by atoms with Crippen LogP contribution in [0.15, 0.2) is 36.4 Å². The molecule has 0 aliphatic rings. The zero-order valence-corrected chi connectivity index (χ0v) is 13.0. The summed E-state index contributed by atoms with van der Waals surface area (Å²) in [4.78, 5) is 0. The maximum atomic E-state index is 6.16. The molecule has 0 amide bonds. The lowest BCUT2D eigenvalue weighted by Gasteiger charge is -2.14. The minimum atomic E-state index is 0.288. The molecule has 0 aromatic heterocycles. The molecular weight excluding hydrogens is 317 g/mol. The van der Waals surface area contributed by atoms with Gasteiger partial charge in [-0.15, -0.1) is 0 Å². The summed E-state index contributed by atoms with van der Waals surface area (Å²) < 4.78 is 5.81. The third-order valence-electron chi connectivity index (χ3n) is 2.90. The van der Waals surface area contributed by atoms with Crippen molar-refractivity contribution in [3.63, 3.8) is 0 Å². The fourth-order valence-corrected chi connectivity index (χ4v) is 2.65. The Hall–Kier alpha value is -0.930. The molecule has 0 bridgehead atoms. The quantitative estimate of drug-likeness (QED) is 0.860. The van der Waals surface area contributed by atoms with Gasteiger partial charge in [-0.2, -0.15) is 0 Å². The van der Waals surface area contributed by atoms with E-state index in [1.54, 1.807) is 18.2 Å². The van der Waals surface area contributed by atoms with Gasteiger partial charge in [-0.05, 0) is 37.2 Å². The highest BCUT2D eigenvalue weighted by Gasteiger charge is 2.10. The fraction of sp³-hybridized carbons (Fsp3) is 0.200. The molecule has 2 aromatic rings. The Kier molecular flexibility index (Phi) is 5.55. The van der Waals surface area contributed by atoms with Crippen LogP contribution in [0.4, 0.5) is 0 Å². The molecule has 0 spiro atoms. The minimum Gasteiger partial charge on any atom is -0.488 e. The van der Waals surface area contributed by atoms with Gasteiger partial charge in [-0.3, -0.25) is 0 Å². The summed E-state index contributed by atoms with van der Waals surface area (Å²) in [5.41, 5.74) is 7.26. The maximum Gasteiger partial charge on any atom is 0.124 e. The van der Waals surface area contributed by atoms with E-state index in [9.17, 15) is 0 Å². The van der Waals surface area contributed by atoms with E-state index in [1.165, 1.54) is 0 Å². The lowest BCUT2D eigenvalue weighted by atomic mass is 10.1. The van der Waals surface area contributed by atoms with Crippen LogP contribution in [0.3, 0.4) is 0 Å². The summed E-state index contributed by atoms with van der Waals surface area (Å²) in [6.07, 6.45) is 0.658. The van der Waals surface area contributed by atoms with E-state index in [-0.39, 0.29) is 6.61 Å². The third kappa shape index (κ3) is 3.58. The number of benzene rings is 2. The van der Waals surface area contributed by atoms with Crippen LogP contribution < -0.4 is 10.5 Å². The van der Waals surface area contributed by atoms with Gasteiger partial charge in [0.25, 0.3) is 0 Å². The molecular formula is C15H14Cl3NO. The van der Waals surface area contributed by atoms with Gasteiger partial charge < -0.3 is 10.5 Å². The molecule has 0 unspecified atom stereocenters. The molecule has 0 aliphatic carbocycles. The van der Waals surface area contributed by atoms with Crippen LogP contribution in [0.25, 0.3) is 0 Å². The maximum absolute atomic E-state index is 6.16. The summed E-state index contributed by atoms with van der Waals surface area (Å²) >= 11 is 18.4. The Bertz CT molecular complexity index is 581. The molecule has 0 aliphatic heterocycles. The molecule has 106 valence electrons. The number of nitrogens with two attached hydrogens (primary N) is 1. The highest BCUT2D eigenvalue weighted by atomic mass is 35.5. The molecule has 2 rings (SSSR count). The van der Waals surface area contributed by atoms with E-state index in [0.717, 1.165) is 11.1 Å². The molecule has 5 heteroatoms. The highest BCUT2D eigenvalue weighted by molar-refractivity contribution is 6.36. The standard InChI is InChI=1S/C15H14Cl3NO/c16-12-5-2-6-15(10(12)7-8-19)20-9-11-13(17)3-1-4-14(11)18/h1-6H,7-9,19H2. The zero-order chi connectivity index (χ0) is 14.5. The number of hydrogen-bond acceptors (Lipinski definition) is 2. The first-order valence-corrected chi connectivity index (χ1v) is 7.30. The van der Waals surface area contributed by atoms with Gasteiger partial charge in [0.05, 0.1) is 0 Å². The van der Waals surface area contributed by atoms with Crippen molar-refractivity contribution in [3.05, 3.63) is 62.6 Å². The molecule has 2 aromatic carbocycles. The first kappa shape index (κ1) is 15.5. The lowest BCUT2D eigenvalue weighted by Crippen LogP contribution is -2.06. The molecule has 0 heterocycles. The Balaban J connectivity index is 2.21. The average Bonchev–Trinajstić information content (AvgIpc) is 2.42. The monoisotopic (exact) mass is 329 g/mol. The van der Waals surface area contributed by atoms with E-state index in [2.05, 4.69) is 0 Å². The number of hydrogen-bond donors (Lipinski definition) is 1. The second-order valence-corrected chi connectivity index (χ2v) is 5.47. The van der Waals surface area contributed by atoms with Crippen molar-refractivity contribution in [1.82, 2.24) is 0 Å². The van der Waals surface area contributed by atoms with Crippen LogP contribution in [0, 0.1) is 0 Å². The first-order valence-electron chi connectivity index (χ1n) is 6.16. The summed E-state index contributed by atoms with van der Waals surface area (Å²) in [5.74, 6) is 0.707. The number of ether oxygens (including phenoxy) is 1. The Morgan fingerprint density at radius 2 is 1.40 bits per heavy atom. The Labute approximate surface area is 133 Å². The van der Waals surface area contributed by atoms with Crippen molar-refractivity contribution in [2.45, 2.75) is 13.0 Å². The van der Waals surface area contributed by atoms with Crippen molar-refractivity contribution >= 4 is 34.8 Å². The van der Waals surface area contributed by atoms with E-state index in [0.29, 0.717) is 33.8 Å². The van der Waals surface area contributed by atoms with E-state index >= 15 is 0 Å². The topological polar surface area (TPSA) is 35.2 Å². The van der Waals surface area contributed by atoms with Crippen LogP contribution in [0.2, 0.25) is 15.1 Å². The second kappa shape index (κ2) is 7.19. The molecule has 2 N–H and O–H groups in total. The second-order valence-electron chi connectivity index (χ2n) is 4.24. The van der Waals surface area contributed by atoms with Gasteiger partial charge in [0.2, 0.25) is 0 Å². The van der Waals surface area contributed by atoms with E-state index < -0.39 is 0 Å². The molecule has 0 radical (unpaired) electrons. The van der Waals surface area contributed by atoms with Crippen molar-refractivity contribution in [1.29, 1.82) is 0 Å². The van der Waals surface area contributed by atoms with Crippen molar-refractivity contribution < 1.29 is 4.74 Å². The van der Waals surface area contributed by atoms with Gasteiger partial charge in [0.1, 0.15) is 12.4 Å². The van der Waals surface area contributed by atoms with Crippen molar-refractivity contribution in [3.8, 4) is 5.75 Å². The summed E-state index contributed by atoms with van der Waals surface area (Å²) in [6.45, 7) is 0.795. The normalized spacial score (nSPS) is 10.6. The summed E-state index contributed by atoms with van der Waals surface area (Å²) in [7, 11) is 0. The molecule has 0 saturated carbocycles. The van der Waals surface area contributed by atoms with Gasteiger partial charge in [0.15, 0.2) is 0 Å². The van der Waals surface area contributed by atoms with Crippen LogP contribution in [0.5, 0.6) is 5.75 Å². The van der Waals surface area contributed by atoms with Crippen molar-refractivity contribution in [2.24, 2.45) is 5.73 Å². The minimum absolute atomic E-state index is 0.288. The highest BCUT2D eigenvalue weighted by Crippen LogP contribution is 2.30. The average molecular weight is 331 g/mol. The lowest BCUT2D eigenvalue weighted by molar-refractivity contribution is 0.303. The predicted octanol–water partition coefficient (Wildman–Crippen LogP) is 4.73. The summed E-state index contributed by atoms with van der Waals surface area (Å²) in [6, 6.07) is 10.9. The smallest absolute Gasteiger partial charge is 0.124 e. The number of rotatable bonds is 5. The van der Waals surface area contributed by atoms with E-state index in [4.69, 9.17) is 45.3 Å². The fourth-order valence-electron chi connectivity index (χ4n) is 1.88. The SMILES string of the molecule is NCCc1c(Cl)cccc1OCc1c(Cl)cccc1Cl. The molecule has 2 nitrogen and oxygen atoms in total. The molecule has 0 fully saturated rings. The van der Waals surface area contributed by atoms with Crippen LogP contribution in [-0.4, -0.2) is 6.54 Å². The Morgan fingerprint density at radius 3 is 2.00 bits per heavy atom. The van der Waals surface area contributed by atoms with Crippen molar-refractivity contribution in [2.75, 3.05) is 6.54 Å². The summed E-state index contributed by atoms with van der Waals surface area (Å²) in [5, 5.41) is 1.82.